The summed E-state index contributed by atoms with van der Waals surface area (Å²) in [6.07, 6.45) is 4.44. The SMILES string of the molecule is CCCn1c(SCC(=O)N(c2ccc(Nc3ccccc3)cc2)C(C)C)nnc1-c1ccncc1. The van der Waals surface area contributed by atoms with Crippen molar-refractivity contribution in [1.82, 2.24) is 19.7 Å². The van der Waals surface area contributed by atoms with Gasteiger partial charge in [-0.15, -0.1) is 10.2 Å². The van der Waals surface area contributed by atoms with E-state index in [2.05, 4.69) is 32.0 Å². The van der Waals surface area contributed by atoms with Gasteiger partial charge in [0, 0.05) is 47.6 Å². The highest BCUT2D eigenvalue weighted by Gasteiger charge is 2.21. The summed E-state index contributed by atoms with van der Waals surface area (Å²) in [5.74, 6) is 1.11. The van der Waals surface area contributed by atoms with E-state index in [4.69, 9.17) is 0 Å². The standard InChI is InChI=1S/C27H30N6OS/c1-4-18-32-26(21-14-16-28-17-15-21)30-31-27(32)35-19-25(34)33(20(2)3)24-12-10-23(11-13-24)29-22-8-6-5-7-9-22/h5-17,20,29H,4,18-19H2,1-3H3. The normalized spacial score (nSPS) is 11.0. The predicted octanol–water partition coefficient (Wildman–Crippen LogP) is 6.03. The van der Waals surface area contributed by atoms with Gasteiger partial charge in [-0.1, -0.05) is 36.9 Å². The van der Waals surface area contributed by atoms with E-state index in [9.17, 15) is 4.79 Å². The molecule has 35 heavy (non-hydrogen) atoms. The van der Waals surface area contributed by atoms with Gasteiger partial charge in [0.1, 0.15) is 0 Å². The second kappa shape index (κ2) is 11.7. The quantitative estimate of drug-likeness (QED) is 0.276. The van der Waals surface area contributed by atoms with Gasteiger partial charge in [0.25, 0.3) is 0 Å². The summed E-state index contributed by atoms with van der Waals surface area (Å²) in [4.78, 5) is 19.2. The fourth-order valence-corrected chi connectivity index (χ4v) is 4.68. The Morgan fingerprint density at radius 1 is 0.971 bits per heavy atom. The third-order valence-electron chi connectivity index (χ3n) is 5.42. The van der Waals surface area contributed by atoms with Gasteiger partial charge in [-0.25, -0.2) is 0 Å². The van der Waals surface area contributed by atoms with Crippen molar-refractivity contribution in [2.24, 2.45) is 0 Å². The maximum Gasteiger partial charge on any atom is 0.237 e. The summed E-state index contributed by atoms with van der Waals surface area (Å²) in [6, 6.07) is 21.8. The highest BCUT2D eigenvalue weighted by Crippen LogP contribution is 2.27. The Hall–Kier alpha value is -3.65. The number of thioether (sulfide) groups is 1. The smallest absolute Gasteiger partial charge is 0.237 e. The fraction of sp³-hybridized carbons (Fsp3) is 0.259. The number of benzene rings is 2. The number of aromatic nitrogens is 4. The van der Waals surface area contributed by atoms with Crippen molar-refractivity contribution >= 4 is 34.7 Å². The summed E-state index contributed by atoms with van der Waals surface area (Å²) in [5, 5.41) is 12.9. The van der Waals surface area contributed by atoms with E-state index in [1.165, 1.54) is 11.8 Å². The van der Waals surface area contributed by atoms with Gasteiger partial charge in [-0.3, -0.25) is 9.78 Å². The molecule has 0 saturated heterocycles. The Kier molecular flexibility index (Phi) is 8.15. The Morgan fingerprint density at radius 3 is 2.31 bits per heavy atom. The summed E-state index contributed by atoms with van der Waals surface area (Å²) in [5.41, 5.74) is 3.83. The number of para-hydroxylation sites is 1. The van der Waals surface area contributed by atoms with Gasteiger partial charge in [0.15, 0.2) is 11.0 Å². The molecular weight excluding hydrogens is 456 g/mol. The molecule has 0 aliphatic carbocycles. The molecule has 0 bridgehead atoms. The second-order valence-corrected chi connectivity index (χ2v) is 9.32. The van der Waals surface area contributed by atoms with Crippen LogP contribution in [0, 0.1) is 0 Å². The van der Waals surface area contributed by atoms with E-state index < -0.39 is 0 Å². The zero-order valence-electron chi connectivity index (χ0n) is 20.3. The molecule has 0 atom stereocenters. The first-order valence-electron chi connectivity index (χ1n) is 11.8. The summed E-state index contributed by atoms with van der Waals surface area (Å²) in [7, 11) is 0. The van der Waals surface area contributed by atoms with Crippen LogP contribution in [-0.2, 0) is 11.3 Å². The van der Waals surface area contributed by atoms with Gasteiger partial charge in [-0.2, -0.15) is 0 Å². The maximum atomic E-state index is 13.3. The molecule has 0 spiro atoms. The fourth-order valence-electron chi connectivity index (χ4n) is 3.85. The summed E-state index contributed by atoms with van der Waals surface area (Å²) in [6.45, 7) is 6.96. The van der Waals surface area contributed by atoms with Crippen molar-refractivity contribution in [3.63, 3.8) is 0 Å². The van der Waals surface area contributed by atoms with E-state index >= 15 is 0 Å². The molecule has 2 aromatic heterocycles. The molecule has 0 unspecified atom stereocenters. The molecule has 0 aliphatic rings. The minimum absolute atomic E-state index is 0.0249. The second-order valence-electron chi connectivity index (χ2n) is 8.38. The van der Waals surface area contributed by atoms with Crippen LogP contribution in [0.1, 0.15) is 27.2 Å². The van der Waals surface area contributed by atoms with Crippen molar-refractivity contribution in [1.29, 1.82) is 0 Å². The minimum Gasteiger partial charge on any atom is -0.356 e. The van der Waals surface area contributed by atoms with Crippen molar-refractivity contribution in [3.8, 4) is 11.4 Å². The van der Waals surface area contributed by atoms with Crippen molar-refractivity contribution < 1.29 is 4.79 Å². The topological polar surface area (TPSA) is 75.9 Å². The summed E-state index contributed by atoms with van der Waals surface area (Å²) >= 11 is 1.43. The third-order valence-corrected chi connectivity index (χ3v) is 6.37. The van der Waals surface area contributed by atoms with E-state index in [0.717, 1.165) is 46.6 Å². The monoisotopic (exact) mass is 486 g/mol. The number of anilines is 3. The summed E-state index contributed by atoms with van der Waals surface area (Å²) < 4.78 is 2.08. The van der Waals surface area contributed by atoms with Gasteiger partial charge in [-0.05, 0) is 68.8 Å². The van der Waals surface area contributed by atoms with Crippen molar-refractivity contribution in [2.45, 2.75) is 44.9 Å². The lowest BCUT2D eigenvalue weighted by atomic mass is 10.2. The van der Waals surface area contributed by atoms with Crippen molar-refractivity contribution in [3.05, 3.63) is 79.1 Å². The van der Waals surface area contributed by atoms with Gasteiger partial charge >= 0.3 is 0 Å². The molecule has 2 heterocycles. The molecule has 4 rings (SSSR count). The zero-order chi connectivity index (χ0) is 24.6. The van der Waals surface area contributed by atoms with Crippen molar-refractivity contribution in [2.75, 3.05) is 16.0 Å². The van der Waals surface area contributed by atoms with Gasteiger partial charge in [0.2, 0.25) is 5.91 Å². The van der Waals surface area contributed by atoms with Crippen LogP contribution in [0.3, 0.4) is 0 Å². The van der Waals surface area contributed by atoms with E-state index in [1.54, 1.807) is 12.4 Å². The van der Waals surface area contributed by atoms with Gasteiger partial charge in [0.05, 0.1) is 5.75 Å². The average molecular weight is 487 g/mol. The Morgan fingerprint density at radius 2 is 1.66 bits per heavy atom. The molecule has 4 aromatic rings. The molecule has 0 radical (unpaired) electrons. The van der Waals surface area contributed by atoms with Crippen LogP contribution < -0.4 is 10.2 Å². The molecule has 1 amide bonds. The number of nitrogens with one attached hydrogen (secondary N) is 1. The van der Waals surface area contributed by atoms with Crippen LogP contribution in [-0.4, -0.2) is 37.5 Å². The minimum atomic E-state index is 0.0249. The molecule has 0 saturated carbocycles. The number of hydrogen-bond acceptors (Lipinski definition) is 6. The third kappa shape index (κ3) is 6.08. The van der Waals surface area contributed by atoms with Gasteiger partial charge < -0.3 is 14.8 Å². The average Bonchev–Trinajstić information content (AvgIpc) is 3.27. The van der Waals surface area contributed by atoms with Crippen LogP contribution >= 0.6 is 11.8 Å². The van der Waals surface area contributed by atoms with Crippen LogP contribution in [0.2, 0.25) is 0 Å². The lowest BCUT2D eigenvalue weighted by molar-refractivity contribution is -0.116. The first-order valence-corrected chi connectivity index (χ1v) is 12.8. The lowest BCUT2D eigenvalue weighted by Crippen LogP contribution is -2.38. The van der Waals surface area contributed by atoms with E-state index in [-0.39, 0.29) is 17.7 Å². The van der Waals surface area contributed by atoms with Crippen LogP contribution in [0.25, 0.3) is 11.4 Å². The number of carbonyl (C=O) groups excluding carboxylic acids is 1. The number of hydrogen-bond donors (Lipinski definition) is 1. The molecule has 7 nitrogen and oxygen atoms in total. The number of pyridine rings is 1. The number of nitrogens with zero attached hydrogens (tertiary/aromatic N) is 5. The Labute approximate surface area is 210 Å². The molecule has 8 heteroatoms. The Bertz CT molecular complexity index is 1230. The largest absolute Gasteiger partial charge is 0.356 e. The highest BCUT2D eigenvalue weighted by molar-refractivity contribution is 7.99. The van der Waals surface area contributed by atoms with E-state index in [0.29, 0.717) is 0 Å². The number of carbonyl (C=O) groups is 1. The number of rotatable bonds is 10. The Balaban J connectivity index is 1.46. The molecule has 1 N–H and O–H groups in total. The van der Waals surface area contributed by atoms with Crippen LogP contribution in [0.5, 0.6) is 0 Å². The first-order chi connectivity index (χ1) is 17.1. The molecular formula is C27H30N6OS. The predicted molar refractivity (Wildman–Crippen MR) is 143 cm³/mol. The van der Waals surface area contributed by atoms with E-state index in [1.807, 2.05) is 85.5 Å². The number of amides is 1. The first kappa shape index (κ1) is 24.5. The van der Waals surface area contributed by atoms with Crippen LogP contribution in [0.15, 0.2) is 84.3 Å². The lowest BCUT2D eigenvalue weighted by Gasteiger charge is -2.27. The molecule has 0 fully saturated rings. The highest BCUT2D eigenvalue weighted by atomic mass is 32.2. The maximum absolute atomic E-state index is 13.3. The van der Waals surface area contributed by atoms with Crippen LogP contribution in [0.4, 0.5) is 17.1 Å². The molecule has 0 aliphatic heterocycles. The zero-order valence-corrected chi connectivity index (χ0v) is 21.1. The molecule has 2 aromatic carbocycles. The molecule has 180 valence electrons.